The van der Waals surface area contributed by atoms with Crippen molar-refractivity contribution in [3.8, 4) is 0 Å². The van der Waals surface area contributed by atoms with E-state index in [-0.39, 0.29) is 11.4 Å². The summed E-state index contributed by atoms with van der Waals surface area (Å²) in [5.74, 6) is 0. The summed E-state index contributed by atoms with van der Waals surface area (Å²) in [7, 11) is 1.61. The molecule has 1 rings (SSSR count). The van der Waals surface area contributed by atoms with Crippen LogP contribution in [0.5, 0.6) is 0 Å². The summed E-state index contributed by atoms with van der Waals surface area (Å²) in [6.45, 7) is 7.89. The van der Waals surface area contributed by atoms with Gasteiger partial charge in [-0.1, -0.05) is 32.9 Å². The van der Waals surface area contributed by atoms with Crippen molar-refractivity contribution in [2.24, 2.45) is 0 Å². The van der Waals surface area contributed by atoms with E-state index in [1.807, 2.05) is 6.07 Å². The molecule has 0 aliphatic heterocycles. The molecule has 4 nitrogen and oxygen atoms in total. The van der Waals surface area contributed by atoms with Gasteiger partial charge < -0.3 is 16.0 Å². The molecule has 0 unspecified atom stereocenters. The van der Waals surface area contributed by atoms with E-state index >= 15 is 0 Å². The number of benzene rings is 1. The molecule has 0 atom stereocenters. The molecule has 0 aliphatic rings. The van der Waals surface area contributed by atoms with Crippen LogP contribution >= 0.6 is 0 Å². The van der Waals surface area contributed by atoms with Gasteiger partial charge in [0.1, 0.15) is 0 Å². The minimum absolute atomic E-state index is 0.151. The highest BCUT2D eigenvalue weighted by molar-refractivity contribution is 5.73. The van der Waals surface area contributed by atoms with E-state index in [1.165, 1.54) is 5.56 Å². The molecule has 4 heteroatoms. The van der Waals surface area contributed by atoms with Crippen LogP contribution in [0.15, 0.2) is 24.3 Å². The first-order valence-electron chi connectivity index (χ1n) is 6.23. The smallest absolute Gasteiger partial charge is 0.314 e. The van der Waals surface area contributed by atoms with E-state index in [9.17, 15) is 4.79 Å². The second-order valence-electron chi connectivity index (χ2n) is 5.26. The largest absolute Gasteiger partial charge is 0.383 e. The van der Waals surface area contributed by atoms with Crippen molar-refractivity contribution in [3.63, 3.8) is 0 Å². The van der Waals surface area contributed by atoms with E-state index in [0.29, 0.717) is 13.1 Å². The van der Waals surface area contributed by atoms with E-state index in [1.54, 1.807) is 7.05 Å². The first-order chi connectivity index (χ1) is 8.43. The summed E-state index contributed by atoms with van der Waals surface area (Å²) in [6, 6.07) is 8.22. The molecule has 18 heavy (non-hydrogen) atoms. The normalized spacial score (nSPS) is 10.9. The average Bonchev–Trinajstić information content (AvgIpc) is 2.33. The molecule has 1 aromatic rings. The number of urea groups is 1. The van der Waals surface area contributed by atoms with Gasteiger partial charge in [-0.2, -0.15) is 0 Å². The Morgan fingerprint density at radius 3 is 2.56 bits per heavy atom. The van der Waals surface area contributed by atoms with Gasteiger partial charge in [-0.3, -0.25) is 0 Å². The van der Waals surface area contributed by atoms with Crippen LogP contribution in [0, 0.1) is 0 Å². The molecule has 0 radical (unpaired) electrons. The fourth-order valence-electron chi connectivity index (χ4n) is 1.57. The quantitative estimate of drug-likeness (QED) is 0.717. The molecule has 0 saturated heterocycles. The minimum Gasteiger partial charge on any atom is -0.383 e. The maximum atomic E-state index is 11.0. The second kappa shape index (κ2) is 6.28. The minimum atomic E-state index is -0.153. The fourth-order valence-corrected chi connectivity index (χ4v) is 1.57. The Kier molecular flexibility index (Phi) is 5.01. The van der Waals surface area contributed by atoms with Crippen molar-refractivity contribution in [1.82, 2.24) is 10.6 Å². The molecule has 3 N–H and O–H groups in total. The van der Waals surface area contributed by atoms with Crippen LogP contribution in [0.2, 0.25) is 0 Å². The summed E-state index contributed by atoms with van der Waals surface area (Å²) >= 11 is 0. The summed E-state index contributed by atoms with van der Waals surface area (Å²) in [5.41, 5.74) is 2.53. The molecule has 0 aliphatic carbocycles. The first-order valence-corrected chi connectivity index (χ1v) is 6.23. The van der Waals surface area contributed by atoms with Crippen LogP contribution < -0.4 is 16.0 Å². The third-order valence-electron chi connectivity index (χ3n) is 2.70. The molecule has 1 aromatic carbocycles. The molecule has 0 saturated carbocycles. The van der Waals surface area contributed by atoms with Gasteiger partial charge in [-0.15, -0.1) is 0 Å². The molecule has 0 spiro atoms. The number of carbonyl (C=O) groups is 1. The van der Waals surface area contributed by atoms with E-state index in [0.717, 1.165) is 5.69 Å². The maximum Gasteiger partial charge on any atom is 0.314 e. The standard InChI is InChI=1S/C14H23N3O/c1-14(2,3)11-6-5-7-12(10-11)16-8-9-17-13(18)15-4/h5-7,10,16H,8-9H2,1-4H3,(H2,15,17,18). The number of hydrogen-bond donors (Lipinski definition) is 3. The lowest BCUT2D eigenvalue weighted by atomic mass is 9.87. The van der Waals surface area contributed by atoms with Crippen molar-refractivity contribution in [3.05, 3.63) is 29.8 Å². The number of carbonyl (C=O) groups excluding carboxylic acids is 1. The molecule has 0 fully saturated rings. The highest BCUT2D eigenvalue weighted by Gasteiger charge is 2.13. The van der Waals surface area contributed by atoms with E-state index < -0.39 is 0 Å². The Bertz CT molecular complexity index is 396. The van der Waals surface area contributed by atoms with E-state index in [2.05, 4.69) is 54.9 Å². The molecule has 100 valence electrons. The number of rotatable bonds is 4. The molecule has 2 amide bonds. The Hall–Kier alpha value is -1.71. The molecule has 0 bridgehead atoms. The summed E-state index contributed by atoms with van der Waals surface area (Å²) in [5, 5.41) is 8.54. The Balaban J connectivity index is 2.46. The maximum absolute atomic E-state index is 11.0. The van der Waals surface area contributed by atoms with Gasteiger partial charge in [0.05, 0.1) is 0 Å². The summed E-state index contributed by atoms with van der Waals surface area (Å²) < 4.78 is 0. The van der Waals surface area contributed by atoms with Crippen molar-refractivity contribution < 1.29 is 4.79 Å². The van der Waals surface area contributed by atoms with Gasteiger partial charge in [0.15, 0.2) is 0 Å². The van der Waals surface area contributed by atoms with Crippen molar-refractivity contribution in [2.45, 2.75) is 26.2 Å². The SMILES string of the molecule is CNC(=O)NCCNc1cccc(C(C)(C)C)c1. The van der Waals surface area contributed by atoms with Crippen LogP contribution in [-0.2, 0) is 5.41 Å². The van der Waals surface area contributed by atoms with E-state index in [4.69, 9.17) is 0 Å². The van der Waals surface area contributed by atoms with Crippen LogP contribution in [-0.4, -0.2) is 26.2 Å². The van der Waals surface area contributed by atoms with Gasteiger partial charge in [0.2, 0.25) is 0 Å². The Labute approximate surface area is 109 Å². The van der Waals surface area contributed by atoms with Crippen LogP contribution in [0.3, 0.4) is 0 Å². The molecule has 0 heterocycles. The number of nitrogens with one attached hydrogen (secondary N) is 3. The van der Waals surface area contributed by atoms with Gasteiger partial charge >= 0.3 is 6.03 Å². The Morgan fingerprint density at radius 2 is 1.94 bits per heavy atom. The highest BCUT2D eigenvalue weighted by atomic mass is 16.2. The van der Waals surface area contributed by atoms with Crippen molar-refractivity contribution in [2.75, 3.05) is 25.5 Å². The van der Waals surface area contributed by atoms with Gasteiger partial charge in [-0.05, 0) is 23.1 Å². The third kappa shape index (κ3) is 4.65. The van der Waals surface area contributed by atoms with Crippen LogP contribution in [0.1, 0.15) is 26.3 Å². The van der Waals surface area contributed by atoms with Crippen LogP contribution in [0.25, 0.3) is 0 Å². The van der Waals surface area contributed by atoms with Gasteiger partial charge in [0, 0.05) is 25.8 Å². The predicted molar refractivity (Wildman–Crippen MR) is 76.1 cm³/mol. The zero-order valence-electron chi connectivity index (χ0n) is 11.6. The first kappa shape index (κ1) is 14.4. The predicted octanol–water partition coefficient (Wildman–Crippen LogP) is 2.33. The summed E-state index contributed by atoms with van der Waals surface area (Å²) in [6.07, 6.45) is 0. The molecular weight excluding hydrogens is 226 g/mol. The van der Waals surface area contributed by atoms with Crippen molar-refractivity contribution in [1.29, 1.82) is 0 Å². The zero-order chi connectivity index (χ0) is 13.6. The van der Waals surface area contributed by atoms with Gasteiger partial charge in [-0.25, -0.2) is 4.79 Å². The highest BCUT2D eigenvalue weighted by Crippen LogP contribution is 2.24. The lowest BCUT2D eigenvalue weighted by molar-refractivity contribution is 0.243. The topological polar surface area (TPSA) is 53.2 Å². The second-order valence-corrected chi connectivity index (χ2v) is 5.26. The molecule has 0 aromatic heterocycles. The number of hydrogen-bond acceptors (Lipinski definition) is 2. The Morgan fingerprint density at radius 1 is 1.22 bits per heavy atom. The fraction of sp³-hybridized carbons (Fsp3) is 0.500. The van der Waals surface area contributed by atoms with Crippen LogP contribution in [0.4, 0.5) is 10.5 Å². The number of anilines is 1. The lowest BCUT2D eigenvalue weighted by Crippen LogP contribution is -2.35. The van der Waals surface area contributed by atoms with Gasteiger partial charge in [0.25, 0.3) is 0 Å². The molecular formula is C14H23N3O. The average molecular weight is 249 g/mol. The zero-order valence-corrected chi connectivity index (χ0v) is 11.6. The number of amides is 2. The van der Waals surface area contributed by atoms with Crippen molar-refractivity contribution >= 4 is 11.7 Å². The summed E-state index contributed by atoms with van der Waals surface area (Å²) in [4.78, 5) is 11.0. The lowest BCUT2D eigenvalue weighted by Gasteiger charge is -2.20. The third-order valence-corrected chi connectivity index (χ3v) is 2.70. The monoisotopic (exact) mass is 249 g/mol.